The molecule has 0 unspecified atom stereocenters. The lowest BCUT2D eigenvalue weighted by Gasteiger charge is -2.33. The van der Waals surface area contributed by atoms with Gasteiger partial charge >= 0.3 is 5.97 Å². The third-order valence-corrected chi connectivity index (χ3v) is 16.2. The molecule has 13 amide bonds. The van der Waals surface area contributed by atoms with Crippen molar-refractivity contribution < 1.29 is 77.3 Å². The third-order valence-electron chi connectivity index (χ3n) is 16.2. The fourth-order valence-electron chi connectivity index (χ4n) is 10.5. The quantitative estimate of drug-likeness (QED) is 0.0172. The predicted molar refractivity (Wildman–Crippen MR) is 359 cm³/mol. The Labute approximate surface area is 570 Å². The van der Waals surface area contributed by atoms with Crippen molar-refractivity contribution in [3.63, 3.8) is 0 Å². The second kappa shape index (κ2) is 41.3. The average Bonchev–Trinajstić information content (AvgIpc) is 1.59. The topological polar surface area (TPSA) is 545 Å². The largest absolute Gasteiger partial charge is 0.481 e. The summed E-state index contributed by atoms with van der Waals surface area (Å²) in [5, 5.41) is 45.5. The highest BCUT2D eigenvalue weighted by atomic mass is 16.4. The van der Waals surface area contributed by atoms with Gasteiger partial charge in [-0.05, 0) is 94.1 Å². The molecule has 33 nitrogen and oxygen atoms in total. The summed E-state index contributed by atoms with van der Waals surface area (Å²) in [6, 6.07) is 2.72. The highest BCUT2D eigenvalue weighted by Crippen LogP contribution is 2.22. The number of amides is 13. The maximum absolute atomic E-state index is 14.5. The minimum atomic E-state index is -1.77. The maximum atomic E-state index is 14.5. The average molecular weight is 1380 g/mol. The molecule has 2 aromatic carbocycles. The van der Waals surface area contributed by atoms with E-state index in [4.69, 9.17) is 28.7 Å². The Morgan fingerprint density at radius 1 is 0.571 bits per heavy atom. The van der Waals surface area contributed by atoms with Crippen LogP contribution in [0.1, 0.15) is 131 Å². The number of likely N-dealkylation sites (tertiary alicyclic amines) is 1. The van der Waals surface area contributed by atoms with E-state index >= 15 is 0 Å². The van der Waals surface area contributed by atoms with Crippen LogP contribution in [0, 0.1) is 17.8 Å². The molecule has 1 aliphatic heterocycles. The van der Waals surface area contributed by atoms with E-state index in [2.05, 4.69) is 58.2 Å². The van der Waals surface area contributed by atoms with Crippen molar-refractivity contribution in [1.82, 2.24) is 58.1 Å². The molecule has 22 N–H and O–H groups in total. The van der Waals surface area contributed by atoms with Gasteiger partial charge in [0, 0.05) is 32.4 Å². The number of nitrogens with one attached hydrogen (secondary N) is 10. The molecule has 33 heteroatoms. The molecule has 0 aliphatic carbocycles. The number of hydrogen-bond donors (Lipinski definition) is 17. The maximum Gasteiger partial charge on any atom is 0.303 e. The van der Waals surface area contributed by atoms with Gasteiger partial charge in [-0.3, -0.25) is 72.1 Å². The minimum Gasteiger partial charge on any atom is -0.481 e. The minimum absolute atomic E-state index is 0.0159. The molecule has 0 aromatic heterocycles. The van der Waals surface area contributed by atoms with Crippen molar-refractivity contribution in [3.05, 3.63) is 71.8 Å². The van der Waals surface area contributed by atoms with Crippen molar-refractivity contribution >= 4 is 88.7 Å². The van der Waals surface area contributed by atoms with Gasteiger partial charge in [0.05, 0.1) is 18.7 Å². The third kappa shape index (κ3) is 28.5. The van der Waals surface area contributed by atoms with Crippen LogP contribution in [-0.2, 0) is 80.0 Å². The molecule has 13 atom stereocenters. The molecule has 0 spiro atoms. The number of nitrogens with zero attached hydrogens (tertiary/aromatic N) is 2. The number of carboxylic acid groups (broad SMARTS) is 1. The van der Waals surface area contributed by atoms with Crippen LogP contribution >= 0.6 is 0 Å². The number of rotatable bonds is 42. The van der Waals surface area contributed by atoms with Gasteiger partial charge in [0.15, 0.2) is 5.96 Å². The standard InChI is InChI=1S/C65H101N17O16/c1-9-36(6)52(80-61(95)47-23-17-29-82(47)64(98)51(35(4)5)79-56(90)41(66)31-39-18-12-10-13-19-39)62(96)78-46(32-40-20-14-11-15-21-40)60(94)81-53(38(8)83)63(97)73-37(7)55(89)72-33-49(85)74-43(25-27-50(86)87)57(91)77-45(30-34(2)3)59(93)76-44(24-26-48(67)84)58(92)75-42(54(68)88)22-16-28-71-65(69)70/h10-15,18-21,34-38,41-47,51-53,83H,9,16-17,22-33,66H2,1-8H3,(H2,67,84)(H2,68,88)(H,72,89)(H,73,97)(H,74,85)(H,75,92)(H,76,93)(H,77,91)(H,78,96)(H,79,90)(H,80,95)(H,81,94)(H,86,87)(H4,69,70,71)/t36-,37-,38+,41-,42-,43-,44-,45-,46-,47-,51-,52-,53-/m0/s1. The Balaban J connectivity index is 1.75. The number of aliphatic hydroxyl groups is 1. The molecule has 1 aliphatic rings. The van der Waals surface area contributed by atoms with Gasteiger partial charge < -0.3 is 96.9 Å². The molecule has 3 rings (SSSR count). The normalized spacial score (nSPS) is 16.4. The van der Waals surface area contributed by atoms with E-state index in [0.717, 1.165) is 5.56 Å². The van der Waals surface area contributed by atoms with Gasteiger partial charge in [0.25, 0.3) is 0 Å². The van der Waals surface area contributed by atoms with Crippen LogP contribution in [0.25, 0.3) is 0 Å². The first-order valence-electron chi connectivity index (χ1n) is 32.8. The zero-order valence-electron chi connectivity index (χ0n) is 56.9. The molecule has 98 heavy (non-hydrogen) atoms. The zero-order valence-corrected chi connectivity index (χ0v) is 56.9. The number of aliphatic imine (C=N–C) groups is 1. The zero-order chi connectivity index (χ0) is 73.5. The number of carbonyl (C=O) groups is 14. The van der Waals surface area contributed by atoms with Crippen LogP contribution in [0.5, 0.6) is 0 Å². The lowest BCUT2D eigenvalue weighted by atomic mass is 9.96. The lowest BCUT2D eigenvalue weighted by Crippen LogP contribution is -2.62. The van der Waals surface area contributed by atoms with Crippen molar-refractivity contribution in [1.29, 1.82) is 0 Å². The number of hydrogen-bond acceptors (Lipinski definition) is 17. The van der Waals surface area contributed by atoms with Crippen LogP contribution < -0.4 is 81.8 Å². The Bertz CT molecular complexity index is 3100. The van der Waals surface area contributed by atoms with Gasteiger partial charge in [-0.25, -0.2) is 0 Å². The molecule has 1 saturated heterocycles. The van der Waals surface area contributed by atoms with Crippen LogP contribution in [0.4, 0.5) is 0 Å². The number of carbonyl (C=O) groups excluding carboxylic acids is 13. The van der Waals surface area contributed by atoms with Crippen LogP contribution in [0.15, 0.2) is 65.7 Å². The summed E-state index contributed by atoms with van der Waals surface area (Å²) in [5.41, 5.74) is 29.2. The SMILES string of the molecule is CC[C@H](C)[C@H](NC(=O)[C@@H]1CCCN1C(=O)[C@@H](NC(=O)[C@@H](N)Cc1ccccc1)C(C)C)C(=O)N[C@@H](Cc1ccccc1)C(=O)N[C@H](C(=O)N[C@@H](C)C(=O)NCC(=O)N[C@@H](CCC(=O)O)C(=O)N[C@@H](CC(C)C)C(=O)N[C@@H](CCC(N)=O)C(=O)N[C@@H](CCCN=C(N)N)C(N)=O)[C@@H](C)O. The van der Waals surface area contributed by atoms with Crippen LogP contribution in [-0.4, -0.2) is 196 Å². The number of benzene rings is 2. The fourth-order valence-corrected chi connectivity index (χ4v) is 10.5. The number of aliphatic hydroxyl groups excluding tert-OH is 1. The number of nitrogens with two attached hydrogens (primary N) is 5. The van der Waals surface area contributed by atoms with Crippen LogP contribution in [0.2, 0.25) is 0 Å². The molecule has 0 radical (unpaired) electrons. The summed E-state index contributed by atoms with van der Waals surface area (Å²) in [7, 11) is 0. The Morgan fingerprint density at radius 3 is 1.63 bits per heavy atom. The van der Waals surface area contributed by atoms with Crippen molar-refractivity contribution in [2.45, 2.75) is 205 Å². The summed E-state index contributed by atoms with van der Waals surface area (Å²) in [6.07, 6.45) is -2.37. The molecular weight excluding hydrogens is 1270 g/mol. The highest BCUT2D eigenvalue weighted by molar-refractivity contribution is 5.99. The Kier molecular flexibility index (Phi) is 34.8. The molecule has 542 valence electrons. The van der Waals surface area contributed by atoms with E-state index in [9.17, 15) is 77.3 Å². The van der Waals surface area contributed by atoms with Crippen molar-refractivity contribution in [2.24, 2.45) is 51.4 Å². The first-order chi connectivity index (χ1) is 46.1. The van der Waals surface area contributed by atoms with Gasteiger partial charge in [-0.2, -0.15) is 0 Å². The van der Waals surface area contributed by atoms with E-state index < -0.39 is 193 Å². The lowest BCUT2D eigenvalue weighted by molar-refractivity contribution is -0.143. The number of aliphatic carboxylic acids is 1. The van der Waals surface area contributed by atoms with Gasteiger partial charge in [-0.1, -0.05) is 109 Å². The summed E-state index contributed by atoms with van der Waals surface area (Å²) < 4.78 is 0. The summed E-state index contributed by atoms with van der Waals surface area (Å²) >= 11 is 0. The smallest absolute Gasteiger partial charge is 0.303 e. The monoisotopic (exact) mass is 1380 g/mol. The number of guanidine groups is 1. The van der Waals surface area contributed by atoms with E-state index in [0.29, 0.717) is 18.4 Å². The second-order valence-electron chi connectivity index (χ2n) is 25.2. The summed E-state index contributed by atoms with van der Waals surface area (Å²) in [6.45, 7) is 12.2. The van der Waals surface area contributed by atoms with Gasteiger partial charge in [0.2, 0.25) is 76.8 Å². The molecule has 1 fully saturated rings. The van der Waals surface area contributed by atoms with Gasteiger partial charge in [-0.15, -0.1) is 0 Å². The van der Waals surface area contributed by atoms with Crippen molar-refractivity contribution in [3.8, 4) is 0 Å². The molecule has 0 bridgehead atoms. The number of primary amides is 2. The first kappa shape index (κ1) is 82.4. The molecule has 1 heterocycles. The Hall–Kier alpha value is -9.79. The second-order valence-corrected chi connectivity index (χ2v) is 25.2. The molecule has 2 aromatic rings. The molecule has 0 saturated carbocycles. The first-order valence-corrected chi connectivity index (χ1v) is 32.8. The fraction of sp³-hybridized carbons (Fsp3) is 0.585. The highest BCUT2D eigenvalue weighted by Gasteiger charge is 2.42. The van der Waals surface area contributed by atoms with E-state index in [1.54, 1.807) is 71.9 Å². The van der Waals surface area contributed by atoms with E-state index in [1.807, 2.05) is 30.3 Å². The predicted octanol–water partition coefficient (Wildman–Crippen LogP) is -3.91. The number of carboxylic acids is 1. The summed E-state index contributed by atoms with van der Waals surface area (Å²) in [4.78, 5) is 194. The van der Waals surface area contributed by atoms with Crippen LogP contribution in [0.3, 0.4) is 0 Å². The van der Waals surface area contributed by atoms with Gasteiger partial charge in [0.1, 0.15) is 60.4 Å². The molecular formula is C65H101N17O16. The van der Waals surface area contributed by atoms with E-state index in [-0.39, 0.29) is 69.9 Å². The Morgan fingerprint density at radius 2 is 1.09 bits per heavy atom. The van der Waals surface area contributed by atoms with Crippen molar-refractivity contribution in [2.75, 3.05) is 19.6 Å². The van der Waals surface area contributed by atoms with E-state index in [1.165, 1.54) is 18.7 Å². The summed E-state index contributed by atoms with van der Waals surface area (Å²) in [5.74, 6) is -14.1.